The van der Waals surface area contributed by atoms with E-state index in [0.29, 0.717) is 11.3 Å². The molecular weight excluding hydrogens is 280 g/mol. The molecule has 0 bridgehead atoms. The average Bonchev–Trinajstić information content (AvgIpc) is 2.43. The molecule has 20 heavy (non-hydrogen) atoms. The van der Waals surface area contributed by atoms with Gasteiger partial charge in [0.15, 0.2) is 0 Å². The minimum atomic E-state index is -0.694. The van der Waals surface area contributed by atoms with Crippen LogP contribution in [0, 0.1) is 18.6 Å². The molecule has 100 valence electrons. The van der Waals surface area contributed by atoms with E-state index >= 15 is 0 Å². The lowest BCUT2D eigenvalue weighted by Crippen LogP contribution is -1.95. The van der Waals surface area contributed by atoms with Crippen molar-refractivity contribution in [3.63, 3.8) is 0 Å². The van der Waals surface area contributed by atoms with Crippen molar-refractivity contribution in [3.05, 3.63) is 64.7 Å². The average molecular weight is 290 g/mol. The summed E-state index contributed by atoms with van der Waals surface area (Å²) < 4.78 is 27.2. The number of rotatable bonds is 1. The van der Waals surface area contributed by atoms with Gasteiger partial charge in [0.25, 0.3) is 0 Å². The van der Waals surface area contributed by atoms with Crippen LogP contribution >= 0.6 is 11.6 Å². The number of nitrogens with zero attached hydrogens (tertiary/aromatic N) is 1. The Morgan fingerprint density at radius 2 is 1.75 bits per heavy atom. The molecule has 1 nitrogen and oxygen atoms in total. The van der Waals surface area contributed by atoms with Crippen LogP contribution in [0.2, 0.25) is 5.02 Å². The van der Waals surface area contributed by atoms with Crippen molar-refractivity contribution in [2.45, 2.75) is 6.92 Å². The molecule has 0 atom stereocenters. The van der Waals surface area contributed by atoms with Crippen LogP contribution in [0.25, 0.3) is 22.2 Å². The first-order chi connectivity index (χ1) is 9.58. The predicted molar refractivity (Wildman–Crippen MR) is 76.8 cm³/mol. The molecule has 0 radical (unpaired) electrons. The molecule has 4 heteroatoms. The van der Waals surface area contributed by atoms with Gasteiger partial charge in [0.1, 0.15) is 11.6 Å². The molecule has 0 fully saturated rings. The number of pyridine rings is 1. The van der Waals surface area contributed by atoms with Crippen molar-refractivity contribution in [1.29, 1.82) is 0 Å². The summed E-state index contributed by atoms with van der Waals surface area (Å²) in [5.41, 5.74) is 2.39. The molecule has 0 unspecified atom stereocenters. The van der Waals surface area contributed by atoms with Gasteiger partial charge in [-0.15, -0.1) is 0 Å². The second-order valence-corrected chi connectivity index (χ2v) is 4.93. The second kappa shape index (κ2) is 4.84. The van der Waals surface area contributed by atoms with Crippen LogP contribution in [0.15, 0.2) is 42.5 Å². The smallest absolute Gasteiger partial charge is 0.137 e. The highest BCUT2D eigenvalue weighted by Gasteiger charge is 2.15. The summed E-state index contributed by atoms with van der Waals surface area (Å²) in [6, 6.07) is 11.4. The molecule has 0 N–H and O–H groups in total. The van der Waals surface area contributed by atoms with Crippen LogP contribution in [0.3, 0.4) is 0 Å². The van der Waals surface area contributed by atoms with Gasteiger partial charge < -0.3 is 0 Å². The number of halogens is 3. The Balaban J connectivity index is 2.39. The molecule has 3 rings (SSSR count). The van der Waals surface area contributed by atoms with Crippen LogP contribution in [-0.2, 0) is 0 Å². The fourth-order valence-electron chi connectivity index (χ4n) is 2.24. The van der Waals surface area contributed by atoms with E-state index in [1.165, 1.54) is 6.07 Å². The molecule has 2 aromatic carbocycles. The first-order valence-corrected chi connectivity index (χ1v) is 6.46. The van der Waals surface area contributed by atoms with Gasteiger partial charge in [-0.3, -0.25) is 0 Å². The van der Waals surface area contributed by atoms with Crippen molar-refractivity contribution in [2.24, 2.45) is 0 Å². The molecule has 0 aliphatic carbocycles. The minimum Gasteiger partial charge on any atom is -0.247 e. The SMILES string of the molecule is Cc1c(-c2ccccc2)nc2cc(F)cc(F)c2c1Cl. The normalized spacial score (nSPS) is 11.0. The highest BCUT2D eigenvalue weighted by Crippen LogP contribution is 2.34. The number of hydrogen-bond acceptors (Lipinski definition) is 1. The predicted octanol–water partition coefficient (Wildman–Crippen LogP) is 5.14. The van der Waals surface area contributed by atoms with Gasteiger partial charge >= 0.3 is 0 Å². The van der Waals surface area contributed by atoms with Crippen LogP contribution in [0.5, 0.6) is 0 Å². The Morgan fingerprint density at radius 1 is 1.05 bits per heavy atom. The maximum absolute atomic E-state index is 13.9. The van der Waals surface area contributed by atoms with Crippen molar-refractivity contribution < 1.29 is 8.78 Å². The largest absolute Gasteiger partial charge is 0.247 e. The molecule has 3 aromatic rings. The van der Waals surface area contributed by atoms with Gasteiger partial charge in [-0.1, -0.05) is 41.9 Å². The van der Waals surface area contributed by atoms with Crippen LogP contribution in [0.1, 0.15) is 5.56 Å². The molecular formula is C16H10ClF2N. The van der Waals surface area contributed by atoms with Gasteiger partial charge in [-0.05, 0) is 12.5 Å². The number of fused-ring (bicyclic) bond motifs is 1. The maximum Gasteiger partial charge on any atom is 0.137 e. The standard InChI is InChI=1S/C16H10ClF2N/c1-9-15(17)14-12(19)7-11(18)8-13(14)20-16(9)10-5-3-2-4-6-10/h2-8H,1H3. The quantitative estimate of drug-likeness (QED) is 0.604. The molecule has 0 saturated carbocycles. The van der Waals surface area contributed by atoms with Gasteiger partial charge in [-0.2, -0.15) is 0 Å². The summed E-state index contributed by atoms with van der Waals surface area (Å²) in [4.78, 5) is 4.36. The Labute approximate surface area is 119 Å². The molecule has 0 amide bonds. The van der Waals surface area contributed by atoms with E-state index in [1.807, 2.05) is 30.3 Å². The Bertz CT molecular complexity index is 801. The third-order valence-electron chi connectivity index (χ3n) is 3.22. The van der Waals surface area contributed by atoms with E-state index in [4.69, 9.17) is 11.6 Å². The van der Waals surface area contributed by atoms with Crippen molar-refractivity contribution in [1.82, 2.24) is 4.98 Å². The molecule has 0 saturated heterocycles. The monoisotopic (exact) mass is 289 g/mol. The van der Waals surface area contributed by atoms with E-state index in [0.717, 1.165) is 11.6 Å². The van der Waals surface area contributed by atoms with Gasteiger partial charge in [-0.25, -0.2) is 13.8 Å². The fraction of sp³-hybridized carbons (Fsp3) is 0.0625. The van der Waals surface area contributed by atoms with Gasteiger partial charge in [0, 0.05) is 17.7 Å². The molecule has 1 heterocycles. The second-order valence-electron chi connectivity index (χ2n) is 4.55. The van der Waals surface area contributed by atoms with Crippen LogP contribution < -0.4 is 0 Å². The number of hydrogen-bond donors (Lipinski definition) is 0. The van der Waals surface area contributed by atoms with Crippen LogP contribution in [-0.4, -0.2) is 4.98 Å². The Kier molecular flexibility index (Phi) is 3.14. The highest BCUT2D eigenvalue weighted by molar-refractivity contribution is 6.36. The topological polar surface area (TPSA) is 12.9 Å². The zero-order chi connectivity index (χ0) is 14.3. The van der Waals surface area contributed by atoms with Gasteiger partial charge in [0.05, 0.1) is 21.6 Å². The zero-order valence-corrected chi connectivity index (χ0v) is 11.4. The van der Waals surface area contributed by atoms with Crippen molar-refractivity contribution in [3.8, 4) is 11.3 Å². The maximum atomic E-state index is 13.9. The number of aromatic nitrogens is 1. The summed E-state index contributed by atoms with van der Waals surface area (Å²) in [6.45, 7) is 1.78. The zero-order valence-electron chi connectivity index (χ0n) is 10.6. The summed E-state index contributed by atoms with van der Waals surface area (Å²) in [6.07, 6.45) is 0. The van der Waals surface area contributed by atoms with Crippen molar-refractivity contribution >= 4 is 22.5 Å². The summed E-state index contributed by atoms with van der Waals surface area (Å²) >= 11 is 6.24. The lowest BCUT2D eigenvalue weighted by Gasteiger charge is -2.11. The molecule has 0 aliphatic rings. The minimum absolute atomic E-state index is 0.158. The summed E-state index contributed by atoms with van der Waals surface area (Å²) in [5.74, 6) is -1.36. The highest BCUT2D eigenvalue weighted by atomic mass is 35.5. The Morgan fingerprint density at radius 3 is 2.45 bits per heavy atom. The molecule has 0 spiro atoms. The lowest BCUT2D eigenvalue weighted by molar-refractivity contribution is 0.591. The molecule has 1 aromatic heterocycles. The summed E-state index contributed by atoms with van der Waals surface area (Å²) in [5, 5.41) is 0.427. The first-order valence-electron chi connectivity index (χ1n) is 6.08. The summed E-state index contributed by atoms with van der Waals surface area (Å²) in [7, 11) is 0. The van der Waals surface area contributed by atoms with E-state index in [1.54, 1.807) is 6.92 Å². The number of benzene rings is 2. The van der Waals surface area contributed by atoms with E-state index in [-0.39, 0.29) is 15.9 Å². The van der Waals surface area contributed by atoms with E-state index < -0.39 is 11.6 Å². The third kappa shape index (κ3) is 2.04. The first kappa shape index (κ1) is 13.0. The van der Waals surface area contributed by atoms with Gasteiger partial charge in [0.2, 0.25) is 0 Å². The lowest BCUT2D eigenvalue weighted by atomic mass is 10.0. The fourth-order valence-corrected chi connectivity index (χ4v) is 2.51. The van der Waals surface area contributed by atoms with E-state index in [2.05, 4.69) is 4.98 Å². The van der Waals surface area contributed by atoms with Crippen molar-refractivity contribution in [2.75, 3.05) is 0 Å². The van der Waals surface area contributed by atoms with E-state index in [9.17, 15) is 8.78 Å². The third-order valence-corrected chi connectivity index (χ3v) is 3.69. The molecule has 0 aliphatic heterocycles. The Hall–Kier alpha value is -2.00. The van der Waals surface area contributed by atoms with Crippen LogP contribution in [0.4, 0.5) is 8.78 Å².